The molecule has 1 aromatic carbocycles. The average molecular weight is 301 g/mol. The van der Waals surface area contributed by atoms with Crippen molar-refractivity contribution >= 4 is 5.97 Å². The maximum Gasteiger partial charge on any atom is 0.419 e. The Kier molecular flexibility index (Phi) is 3.83. The van der Waals surface area contributed by atoms with Gasteiger partial charge in [0.05, 0.1) is 11.1 Å². The van der Waals surface area contributed by atoms with Gasteiger partial charge in [0.25, 0.3) is 0 Å². The number of ether oxygens (including phenoxy) is 1. The first-order chi connectivity index (χ1) is 9.79. The van der Waals surface area contributed by atoms with Gasteiger partial charge in [-0.3, -0.25) is 4.68 Å². The van der Waals surface area contributed by atoms with Gasteiger partial charge in [-0.1, -0.05) is 0 Å². The number of rotatable bonds is 4. The third-order valence-electron chi connectivity index (χ3n) is 2.69. The summed E-state index contributed by atoms with van der Waals surface area (Å²) < 4.78 is 45.2. The highest BCUT2D eigenvalue weighted by molar-refractivity contribution is 5.88. The zero-order valence-electron chi connectivity index (χ0n) is 10.8. The second-order valence-corrected chi connectivity index (χ2v) is 4.10. The van der Waals surface area contributed by atoms with E-state index in [-0.39, 0.29) is 6.61 Å². The van der Waals surface area contributed by atoms with Crippen LogP contribution in [0.2, 0.25) is 0 Å². The molecule has 0 radical (unpaired) electrons. The van der Waals surface area contributed by atoms with Crippen LogP contribution >= 0.6 is 0 Å². The summed E-state index contributed by atoms with van der Waals surface area (Å²) in [6.45, 7) is -0.216. The van der Waals surface area contributed by atoms with Crippen molar-refractivity contribution in [3.8, 4) is 5.75 Å². The average Bonchev–Trinajstić information content (AvgIpc) is 2.80. The van der Waals surface area contributed by atoms with Crippen LogP contribution in [-0.4, -0.2) is 25.8 Å². The second-order valence-electron chi connectivity index (χ2n) is 4.10. The van der Waals surface area contributed by atoms with Crippen LogP contribution in [0.15, 0.2) is 24.5 Å². The largest absolute Gasteiger partial charge is 0.485 e. The first kappa shape index (κ1) is 14.8. The van der Waals surface area contributed by atoms with Gasteiger partial charge in [-0.15, -0.1) is 0 Å². The zero-order valence-corrected chi connectivity index (χ0v) is 10.8. The highest BCUT2D eigenvalue weighted by Gasteiger charge is 2.35. The van der Waals surface area contributed by atoms with Gasteiger partial charge in [-0.25, -0.2) is 9.78 Å². The van der Waals surface area contributed by atoms with Crippen LogP contribution in [0, 0.1) is 0 Å². The van der Waals surface area contributed by atoms with Crippen molar-refractivity contribution in [3.63, 3.8) is 0 Å². The Bertz CT molecular complexity index is 667. The van der Waals surface area contributed by atoms with Crippen LogP contribution in [0.5, 0.6) is 5.75 Å². The maximum atomic E-state index is 12.9. The lowest BCUT2D eigenvalue weighted by Crippen LogP contribution is -2.12. The molecule has 1 N–H and O–H groups in total. The Balaban J connectivity index is 2.30. The molecule has 0 unspecified atom stereocenters. The van der Waals surface area contributed by atoms with Crippen LogP contribution in [0.3, 0.4) is 0 Å². The monoisotopic (exact) mass is 301 g/mol. The smallest absolute Gasteiger partial charge is 0.419 e. The lowest BCUT2D eigenvalue weighted by atomic mass is 10.1. The molecule has 0 aliphatic heterocycles. The molecule has 0 saturated carbocycles. The Labute approximate surface area is 116 Å². The SMILES string of the molecule is Cn1ncnc1COc1ccc(C(=O)O)cc1C(F)(F)F. The number of aromatic nitrogens is 3. The van der Waals surface area contributed by atoms with E-state index in [1.54, 1.807) is 7.05 Å². The summed E-state index contributed by atoms with van der Waals surface area (Å²) in [5.41, 5.74) is -1.61. The van der Waals surface area contributed by atoms with Gasteiger partial charge >= 0.3 is 12.1 Å². The van der Waals surface area contributed by atoms with Crippen LogP contribution in [-0.2, 0) is 19.8 Å². The number of carboxylic acid groups (broad SMARTS) is 1. The van der Waals surface area contributed by atoms with E-state index in [9.17, 15) is 18.0 Å². The van der Waals surface area contributed by atoms with Gasteiger partial charge in [0.15, 0.2) is 5.82 Å². The predicted octanol–water partition coefficient (Wildman–Crippen LogP) is 2.11. The van der Waals surface area contributed by atoms with Crippen LogP contribution in [0.25, 0.3) is 0 Å². The molecule has 1 aromatic heterocycles. The molecule has 0 bridgehead atoms. The van der Waals surface area contributed by atoms with Crippen molar-refractivity contribution in [1.29, 1.82) is 0 Å². The molecule has 1 heterocycles. The highest BCUT2D eigenvalue weighted by atomic mass is 19.4. The molecule has 0 atom stereocenters. The molecule has 0 saturated heterocycles. The zero-order chi connectivity index (χ0) is 15.6. The summed E-state index contributed by atoms with van der Waals surface area (Å²) >= 11 is 0. The molecule has 9 heteroatoms. The Morgan fingerprint density at radius 2 is 2.14 bits per heavy atom. The third-order valence-corrected chi connectivity index (χ3v) is 2.69. The molecule has 0 aliphatic rings. The lowest BCUT2D eigenvalue weighted by molar-refractivity contribution is -0.139. The maximum absolute atomic E-state index is 12.9. The molecule has 6 nitrogen and oxygen atoms in total. The van der Waals surface area contributed by atoms with Crippen LogP contribution in [0.4, 0.5) is 13.2 Å². The molecule has 2 rings (SSSR count). The third kappa shape index (κ3) is 3.30. The summed E-state index contributed by atoms with van der Waals surface area (Å²) in [6.07, 6.45) is -3.47. The number of hydrogen-bond donors (Lipinski definition) is 1. The van der Waals surface area contributed by atoms with Crippen molar-refractivity contribution in [3.05, 3.63) is 41.5 Å². The fourth-order valence-electron chi connectivity index (χ4n) is 1.60. The number of carbonyl (C=O) groups is 1. The number of aryl methyl sites for hydroxylation is 1. The van der Waals surface area contributed by atoms with Crippen molar-refractivity contribution in [2.75, 3.05) is 0 Å². The van der Waals surface area contributed by atoms with Crippen molar-refractivity contribution in [2.24, 2.45) is 7.05 Å². The minimum atomic E-state index is -4.72. The van der Waals surface area contributed by atoms with E-state index in [0.717, 1.165) is 12.1 Å². The standard InChI is InChI=1S/C12H10F3N3O3/c1-18-10(16-6-17-18)5-21-9-3-2-7(11(19)20)4-8(9)12(13,14)15/h2-4,6H,5H2,1H3,(H,19,20). The van der Waals surface area contributed by atoms with E-state index in [4.69, 9.17) is 9.84 Å². The van der Waals surface area contributed by atoms with Crippen molar-refractivity contribution in [2.45, 2.75) is 12.8 Å². The van der Waals surface area contributed by atoms with Crippen LogP contribution < -0.4 is 4.74 Å². The van der Waals surface area contributed by atoms with Gasteiger partial charge in [0.2, 0.25) is 0 Å². The summed E-state index contributed by atoms with van der Waals surface area (Å²) in [5, 5.41) is 12.5. The number of hydrogen-bond acceptors (Lipinski definition) is 4. The van der Waals surface area contributed by atoms with Gasteiger partial charge < -0.3 is 9.84 Å². The number of carboxylic acids is 1. The predicted molar refractivity (Wildman–Crippen MR) is 63.7 cm³/mol. The fourth-order valence-corrected chi connectivity index (χ4v) is 1.60. The number of alkyl halides is 3. The fraction of sp³-hybridized carbons (Fsp3) is 0.250. The van der Waals surface area contributed by atoms with E-state index in [2.05, 4.69) is 10.1 Å². The summed E-state index contributed by atoms with van der Waals surface area (Å²) in [6, 6.07) is 2.56. The first-order valence-electron chi connectivity index (χ1n) is 5.69. The van der Waals surface area contributed by atoms with Gasteiger partial charge in [-0.05, 0) is 18.2 Å². The van der Waals surface area contributed by atoms with Crippen molar-refractivity contribution in [1.82, 2.24) is 14.8 Å². The normalized spacial score (nSPS) is 11.4. The number of benzene rings is 1. The number of nitrogens with zero attached hydrogens (tertiary/aromatic N) is 3. The molecule has 0 spiro atoms. The first-order valence-corrected chi connectivity index (χ1v) is 5.69. The Morgan fingerprint density at radius 3 is 2.67 bits per heavy atom. The van der Waals surface area contributed by atoms with Gasteiger partial charge in [-0.2, -0.15) is 18.3 Å². The van der Waals surface area contributed by atoms with E-state index in [1.165, 1.54) is 11.0 Å². The molecule has 2 aromatic rings. The number of halogens is 3. The van der Waals surface area contributed by atoms with Crippen LogP contribution in [0.1, 0.15) is 21.7 Å². The van der Waals surface area contributed by atoms with E-state index in [1.807, 2.05) is 0 Å². The lowest BCUT2D eigenvalue weighted by Gasteiger charge is -2.14. The van der Waals surface area contributed by atoms with E-state index in [0.29, 0.717) is 11.9 Å². The van der Waals surface area contributed by atoms with E-state index >= 15 is 0 Å². The molecular formula is C12H10F3N3O3. The van der Waals surface area contributed by atoms with Gasteiger partial charge in [0, 0.05) is 7.05 Å². The minimum absolute atomic E-state index is 0.216. The molecular weight excluding hydrogens is 291 g/mol. The van der Waals surface area contributed by atoms with Crippen molar-refractivity contribution < 1.29 is 27.8 Å². The summed E-state index contributed by atoms with van der Waals surface area (Å²) in [5.74, 6) is -1.57. The minimum Gasteiger partial charge on any atom is -0.485 e. The molecule has 0 fully saturated rings. The molecule has 112 valence electrons. The van der Waals surface area contributed by atoms with Gasteiger partial charge in [0.1, 0.15) is 18.7 Å². The quantitative estimate of drug-likeness (QED) is 0.936. The molecule has 21 heavy (non-hydrogen) atoms. The summed E-state index contributed by atoms with van der Waals surface area (Å²) in [4.78, 5) is 14.6. The molecule has 0 amide bonds. The summed E-state index contributed by atoms with van der Waals surface area (Å²) in [7, 11) is 1.57. The Morgan fingerprint density at radius 1 is 1.43 bits per heavy atom. The van der Waals surface area contributed by atoms with E-state index < -0.39 is 29.0 Å². The highest BCUT2D eigenvalue weighted by Crippen LogP contribution is 2.37. The second kappa shape index (κ2) is 5.43. The number of aromatic carboxylic acids is 1. The molecule has 0 aliphatic carbocycles. The topological polar surface area (TPSA) is 77.2 Å². The Hall–Kier alpha value is -2.58.